The first-order chi connectivity index (χ1) is 8.41. The Labute approximate surface area is 105 Å². The minimum atomic E-state index is -2.97. The van der Waals surface area contributed by atoms with E-state index in [0.29, 0.717) is 5.69 Å². The summed E-state index contributed by atoms with van der Waals surface area (Å²) in [6.07, 6.45) is -2.97. The van der Waals surface area contributed by atoms with E-state index in [0.717, 1.165) is 0 Å². The molecule has 2 aromatic heterocycles. The second-order valence-corrected chi connectivity index (χ2v) is 3.98. The van der Waals surface area contributed by atoms with Gasteiger partial charge in [-0.1, -0.05) is 11.6 Å². The zero-order chi connectivity index (χ0) is 13.4. The minimum absolute atomic E-state index is 0.00241. The Morgan fingerprint density at radius 3 is 2.61 bits per heavy atom. The molecule has 0 spiro atoms. The van der Waals surface area contributed by atoms with Crippen LogP contribution in [-0.4, -0.2) is 21.0 Å². The first-order valence-corrected chi connectivity index (χ1v) is 5.27. The lowest BCUT2D eigenvalue weighted by Crippen LogP contribution is -2.07. The van der Waals surface area contributed by atoms with Crippen LogP contribution in [-0.2, 0) is 0 Å². The summed E-state index contributed by atoms with van der Waals surface area (Å²) < 4.78 is 26.0. The first kappa shape index (κ1) is 12.6. The van der Waals surface area contributed by atoms with Crippen molar-refractivity contribution in [1.82, 2.24) is 9.97 Å². The van der Waals surface area contributed by atoms with Crippen molar-refractivity contribution in [3.05, 3.63) is 34.1 Å². The van der Waals surface area contributed by atoms with Crippen LogP contribution in [0.4, 0.5) is 8.78 Å². The lowest BCUT2D eigenvalue weighted by atomic mass is 10.1. The highest BCUT2D eigenvalue weighted by atomic mass is 35.5. The van der Waals surface area contributed by atoms with E-state index in [4.69, 9.17) is 16.7 Å². The predicted octanol–water partition coefficient (Wildman–Crippen LogP) is 3.23. The van der Waals surface area contributed by atoms with E-state index in [9.17, 15) is 13.6 Å². The number of hydrogen-bond donors (Lipinski definition) is 1. The van der Waals surface area contributed by atoms with Crippen molar-refractivity contribution in [2.45, 2.75) is 13.3 Å². The fraction of sp³-hybridized carbons (Fsp3) is 0.182. The zero-order valence-electron chi connectivity index (χ0n) is 9.12. The van der Waals surface area contributed by atoms with Crippen LogP contribution in [0.15, 0.2) is 12.1 Å². The van der Waals surface area contributed by atoms with Crippen molar-refractivity contribution < 1.29 is 18.7 Å². The molecule has 0 aromatic carbocycles. The molecule has 7 heteroatoms. The van der Waals surface area contributed by atoms with E-state index in [1.54, 1.807) is 6.92 Å². The van der Waals surface area contributed by atoms with E-state index in [1.807, 2.05) is 0 Å². The molecule has 2 rings (SSSR count). The summed E-state index contributed by atoms with van der Waals surface area (Å²) in [4.78, 5) is 18.7. The Balaban J connectivity index is 2.94. The van der Waals surface area contributed by atoms with Crippen molar-refractivity contribution in [1.29, 1.82) is 0 Å². The Kier molecular flexibility index (Phi) is 3.13. The first-order valence-electron chi connectivity index (χ1n) is 4.90. The molecule has 0 bridgehead atoms. The van der Waals surface area contributed by atoms with Crippen molar-refractivity contribution in [3.63, 3.8) is 0 Å². The highest BCUT2D eigenvalue weighted by Crippen LogP contribution is 2.33. The summed E-state index contributed by atoms with van der Waals surface area (Å²) >= 11 is 5.63. The van der Waals surface area contributed by atoms with Crippen LogP contribution < -0.4 is 0 Å². The standard InChI is InChI=1S/C11H7ClF2N2O2/c1-4-2-3-5-6(9(13)14)7(11(17)18)8(12)16-10(5)15-4/h2-3,9H,1H3,(H,17,18). The Bertz CT molecular complexity index is 646. The molecule has 4 nitrogen and oxygen atoms in total. The van der Waals surface area contributed by atoms with Gasteiger partial charge in [0.05, 0.1) is 0 Å². The quantitative estimate of drug-likeness (QED) is 0.853. The number of hydrogen-bond acceptors (Lipinski definition) is 3. The van der Waals surface area contributed by atoms with Crippen molar-refractivity contribution in [3.8, 4) is 0 Å². The fourth-order valence-electron chi connectivity index (χ4n) is 1.66. The van der Waals surface area contributed by atoms with Gasteiger partial charge in [0.15, 0.2) is 5.65 Å². The number of nitrogens with zero attached hydrogens (tertiary/aromatic N) is 2. The van der Waals surface area contributed by atoms with Crippen LogP contribution >= 0.6 is 11.6 Å². The number of carboxylic acids is 1. The number of aromatic nitrogens is 2. The third kappa shape index (κ3) is 1.99. The maximum Gasteiger partial charge on any atom is 0.339 e. The van der Waals surface area contributed by atoms with Gasteiger partial charge in [0, 0.05) is 16.6 Å². The molecule has 0 saturated heterocycles. The third-order valence-corrected chi connectivity index (χ3v) is 2.69. The fourth-order valence-corrected chi connectivity index (χ4v) is 1.93. The maximum absolute atomic E-state index is 13.0. The number of halogens is 3. The summed E-state index contributed by atoms with van der Waals surface area (Å²) in [5.41, 5.74) is -0.732. The lowest BCUT2D eigenvalue weighted by Gasteiger charge is -2.10. The number of aromatic carboxylic acids is 1. The Morgan fingerprint density at radius 2 is 2.06 bits per heavy atom. The number of carboxylic acid groups (broad SMARTS) is 1. The van der Waals surface area contributed by atoms with Crippen LogP contribution in [0, 0.1) is 6.92 Å². The van der Waals surface area contributed by atoms with Crippen LogP contribution in [0.2, 0.25) is 5.15 Å². The molecule has 0 unspecified atom stereocenters. The van der Waals surface area contributed by atoms with Crippen molar-refractivity contribution in [2.75, 3.05) is 0 Å². The van der Waals surface area contributed by atoms with Crippen LogP contribution in [0.1, 0.15) is 28.0 Å². The van der Waals surface area contributed by atoms with Crippen LogP contribution in [0.3, 0.4) is 0 Å². The van der Waals surface area contributed by atoms with E-state index in [1.165, 1.54) is 12.1 Å². The minimum Gasteiger partial charge on any atom is -0.478 e. The number of aryl methyl sites for hydroxylation is 1. The van der Waals surface area contributed by atoms with Gasteiger partial charge in [0.1, 0.15) is 10.7 Å². The number of fused-ring (bicyclic) bond motifs is 1. The average Bonchev–Trinajstić information content (AvgIpc) is 2.25. The highest BCUT2D eigenvalue weighted by molar-refractivity contribution is 6.33. The van der Waals surface area contributed by atoms with Gasteiger partial charge in [-0.3, -0.25) is 0 Å². The smallest absolute Gasteiger partial charge is 0.339 e. The normalized spacial score (nSPS) is 11.2. The summed E-state index contributed by atoms with van der Waals surface area (Å²) in [6.45, 7) is 1.67. The van der Waals surface area contributed by atoms with Crippen molar-refractivity contribution in [2.24, 2.45) is 0 Å². The van der Waals surface area contributed by atoms with E-state index in [-0.39, 0.29) is 11.0 Å². The highest BCUT2D eigenvalue weighted by Gasteiger charge is 2.26. The Hall–Kier alpha value is -1.82. The molecular formula is C11H7ClF2N2O2. The summed E-state index contributed by atoms with van der Waals surface area (Å²) in [7, 11) is 0. The topological polar surface area (TPSA) is 63.1 Å². The van der Waals surface area contributed by atoms with Crippen LogP contribution in [0.25, 0.3) is 11.0 Å². The zero-order valence-corrected chi connectivity index (χ0v) is 9.87. The second-order valence-electron chi connectivity index (χ2n) is 3.62. The molecule has 0 amide bonds. The molecule has 0 atom stereocenters. The molecule has 0 aliphatic rings. The van der Waals surface area contributed by atoms with Gasteiger partial charge in [-0.15, -0.1) is 0 Å². The SMILES string of the molecule is Cc1ccc2c(C(F)F)c(C(=O)O)c(Cl)nc2n1. The second kappa shape index (κ2) is 4.45. The molecule has 94 valence electrons. The van der Waals surface area contributed by atoms with Crippen LogP contribution in [0.5, 0.6) is 0 Å². The van der Waals surface area contributed by atoms with Gasteiger partial charge < -0.3 is 5.11 Å². The van der Waals surface area contributed by atoms with Crippen molar-refractivity contribution >= 4 is 28.6 Å². The Morgan fingerprint density at radius 1 is 1.39 bits per heavy atom. The van der Waals surface area contributed by atoms with Gasteiger partial charge in [-0.25, -0.2) is 23.5 Å². The van der Waals surface area contributed by atoms with E-state index < -0.39 is 28.7 Å². The van der Waals surface area contributed by atoms with E-state index >= 15 is 0 Å². The monoisotopic (exact) mass is 272 g/mol. The third-order valence-electron chi connectivity index (χ3n) is 2.42. The molecule has 0 radical (unpaired) electrons. The van der Waals surface area contributed by atoms with Gasteiger partial charge >= 0.3 is 5.97 Å². The number of carbonyl (C=O) groups is 1. The van der Waals surface area contributed by atoms with Gasteiger partial charge in [-0.05, 0) is 19.1 Å². The molecule has 0 aliphatic heterocycles. The maximum atomic E-state index is 13.0. The molecule has 18 heavy (non-hydrogen) atoms. The van der Waals surface area contributed by atoms with E-state index in [2.05, 4.69) is 9.97 Å². The molecule has 2 aromatic rings. The average molecular weight is 273 g/mol. The molecule has 0 saturated carbocycles. The van der Waals surface area contributed by atoms with Gasteiger partial charge in [0.2, 0.25) is 0 Å². The molecular weight excluding hydrogens is 266 g/mol. The summed E-state index contributed by atoms with van der Waals surface area (Å²) in [5.74, 6) is -1.54. The lowest BCUT2D eigenvalue weighted by molar-refractivity contribution is 0.0685. The number of pyridine rings is 2. The van der Waals surface area contributed by atoms with Gasteiger partial charge in [-0.2, -0.15) is 0 Å². The molecule has 0 fully saturated rings. The predicted molar refractivity (Wildman–Crippen MR) is 61.2 cm³/mol. The molecule has 1 N–H and O–H groups in total. The van der Waals surface area contributed by atoms with Gasteiger partial charge in [0.25, 0.3) is 6.43 Å². The number of rotatable bonds is 2. The molecule has 2 heterocycles. The summed E-state index contributed by atoms with van der Waals surface area (Å²) in [6, 6.07) is 2.88. The summed E-state index contributed by atoms with van der Waals surface area (Å²) in [5, 5.41) is 8.45. The molecule has 0 aliphatic carbocycles. The largest absolute Gasteiger partial charge is 0.478 e. The number of alkyl halides is 2.